The van der Waals surface area contributed by atoms with Crippen LogP contribution in [0, 0.1) is 0 Å². The molecular weight excluding hydrogens is 416 g/mol. The van der Waals surface area contributed by atoms with Crippen molar-refractivity contribution < 1.29 is 4.79 Å². The number of benzene rings is 2. The van der Waals surface area contributed by atoms with Gasteiger partial charge in [0, 0.05) is 45.0 Å². The molecule has 1 heterocycles. The fourth-order valence-electron chi connectivity index (χ4n) is 3.90. The summed E-state index contributed by atoms with van der Waals surface area (Å²) >= 11 is 7.74. The van der Waals surface area contributed by atoms with E-state index in [-0.39, 0.29) is 12.1 Å². The lowest BCUT2D eigenvalue weighted by Crippen LogP contribution is -2.42. The molecule has 1 aliphatic rings. The zero-order valence-electron chi connectivity index (χ0n) is 16.8. The number of urea groups is 1. The van der Waals surface area contributed by atoms with E-state index in [0.717, 1.165) is 52.9 Å². The summed E-state index contributed by atoms with van der Waals surface area (Å²) in [5.74, 6) is 0. The Hall–Kier alpha value is -2.44. The first-order valence-electron chi connectivity index (χ1n) is 10.1. The summed E-state index contributed by atoms with van der Waals surface area (Å²) < 4.78 is 0. The third-order valence-corrected chi connectivity index (χ3v) is 6.41. The number of aromatic nitrogens is 1. The van der Waals surface area contributed by atoms with E-state index in [1.165, 1.54) is 0 Å². The van der Waals surface area contributed by atoms with E-state index in [9.17, 15) is 4.79 Å². The lowest BCUT2D eigenvalue weighted by Gasteiger charge is -2.30. The number of anilines is 2. The van der Waals surface area contributed by atoms with Crippen LogP contribution in [0.1, 0.15) is 25.7 Å². The number of nitrogens with one attached hydrogen (secondary N) is 3. The Morgan fingerprint density at radius 3 is 2.67 bits per heavy atom. The van der Waals surface area contributed by atoms with Gasteiger partial charge in [-0.1, -0.05) is 17.7 Å². The maximum Gasteiger partial charge on any atom is 0.319 e. The molecule has 3 aromatic rings. The van der Waals surface area contributed by atoms with Gasteiger partial charge < -0.3 is 16.0 Å². The fourth-order valence-corrected chi connectivity index (χ4v) is 4.53. The smallest absolute Gasteiger partial charge is 0.319 e. The number of amides is 2. The molecule has 1 aliphatic carbocycles. The molecule has 0 aliphatic heterocycles. The van der Waals surface area contributed by atoms with Crippen LogP contribution in [-0.4, -0.2) is 29.4 Å². The molecule has 5 nitrogen and oxygen atoms in total. The average Bonchev–Trinajstić information content (AvgIpc) is 2.75. The molecule has 30 heavy (non-hydrogen) atoms. The Labute approximate surface area is 186 Å². The molecule has 0 radical (unpaired) electrons. The molecule has 1 fully saturated rings. The van der Waals surface area contributed by atoms with Crippen molar-refractivity contribution in [3.05, 3.63) is 59.8 Å². The van der Waals surface area contributed by atoms with Gasteiger partial charge in [0.1, 0.15) is 0 Å². The number of halogens is 1. The van der Waals surface area contributed by atoms with Gasteiger partial charge in [-0.2, -0.15) is 0 Å². The summed E-state index contributed by atoms with van der Waals surface area (Å²) in [6.45, 7) is 0. The Morgan fingerprint density at radius 2 is 1.87 bits per heavy atom. The Morgan fingerprint density at radius 1 is 1.07 bits per heavy atom. The molecule has 0 unspecified atom stereocenters. The number of carbonyl (C=O) groups excluding carboxylic acids is 1. The lowest BCUT2D eigenvalue weighted by molar-refractivity contribution is 0.243. The summed E-state index contributed by atoms with van der Waals surface area (Å²) in [5, 5.41) is 11.5. The van der Waals surface area contributed by atoms with Crippen LogP contribution in [0.3, 0.4) is 0 Å². The largest absolute Gasteiger partial charge is 0.382 e. The number of rotatable bonds is 5. The van der Waals surface area contributed by atoms with Crippen molar-refractivity contribution in [2.45, 2.75) is 42.7 Å². The van der Waals surface area contributed by atoms with Crippen LogP contribution in [0.15, 0.2) is 59.6 Å². The minimum absolute atomic E-state index is 0.137. The number of thioether (sulfide) groups is 1. The summed E-state index contributed by atoms with van der Waals surface area (Å²) in [4.78, 5) is 17.9. The quantitative estimate of drug-likeness (QED) is 0.416. The first-order valence-corrected chi connectivity index (χ1v) is 11.7. The second-order valence-electron chi connectivity index (χ2n) is 7.54. The van der Waals surface area contributed by atoms with E-state index in [2.05, 4.69) is 20.9 Å². The van der Waals surface area contributed by atoms with Crippen LogP contribution in [-0.2, 0) is 0 Å². The van der Waals surface area contributed by atoms with Crippen molar-refractivity contribution in [2.75, 3.05) is 16.9 Å². The molecule has 2 aromatic carbocycles. The predicted molar refractivity (Wildman–Crippen MR) is 127 cm³/mol. The van der Waals surface area contributed by atoms with Crippen molar-refractivity contribution >= 4 is 51.7 Å². The van der Waals surface area contributed by atoms with Gasteiger partial charge in [-0.25, -0.2) is 4.79 Å². The zero-order chi connectivity index (χ0) is 20.9. The van der Waals surface area contributed by atoms with E-state index in [1.54, 1.807) is 11.8 Å². The highest BCUT2D eigenvalue weighted by Crippen LogP contribution is 2.28. The first-order chi connectivity index (χ1) is 14.6. The minimum atomic E-state index is -0.137. The van der Waals surface area contributed by atoms with E-state index >= 15 is 0 Å². The summed E-state index contributed by atoms with van der Waals surface area (Å²) in [5.41, 5.74) is 2.80. The van der Waals surface area contributed by atoms with Crippen molar-refractivity contribution in [3.63, 3.8) is 0 Å². The number of pyridine rings is 1. The third-order valence-electron chi connectivity index (χ3n) is 5.45. The van der Waals surface area contributed by atoms with E-state index in [0.29, 0.717) is 11.1 Å². The molecular formula is C23H25ClN4OS. The lowest BCUT2D eigenvalue weighted by atomic mass is 9.91. The van der Waals surface area contributed by atoms with Crippen LogP contribution in [0.5, 0.6) is 0 Å². The SMILES string of the molecule is CSc1cccc(NC(=O)N[C@H]2CC[C@@H](Nc3ccnc4cc(Cl)ccc34)CC2)c1. The first kappa shape index (κ1) is 20.8. The molecule has 4 rings (SSSR count). The molecule has 0 spiro atoms. The highest BCUT2D eigenvalue weighted by atomic mass is 35.5. The van der Waals surface area contributed by atoms with Gasteiger partial charge in [0.05, 0.1) is 5.52 Å². The molecule has 156 valence electrons. The Balaban J connectivity index is 1.29. The maximum absolute atomic E-state index is 12.4. The Kier molecular flexibility index (Phi) is 6.65. The topological polar surface area (TPSA) is 66.1 Å². The molecule has 0 saturated heterocycles. The number of carbonyl (C=O) groups is 1. The predicted octanol–water partition coefficient (Wildman–Crippen LogP) is 6.15. The Bertz CT molecular complexity index is 1040. The van der Waals surface area contributed by atoms with Crippen LogP contribution in [0.25, 0.3) is 10.9 Å². The number of fused-ring (bicyclic) bond motifs is 1. The van der Waals surface area contributed by atoms with Gasteiger partial charge in [0.25, 0.3) is 0 Å². The van der Waals surface area contributed by atoms with Gasteiger partial charge in [0.15, 0.2) is 0 Å². The molecule has 3 N–H and O–H groups in total. The van der Waals surface area contributed by atoms with Crippen molar-refractivity contribution in [1.29, 1.82) is 0 Å². The van der Waals surface area contributed by atoms with Crippen molar-refractivity contribution in [2.24, 2.45) is 0 Å². The second kappa shape index (κ2) is 9.58. The fraction of sp³-hybridized carbons (Fsp3) is 0.304. The molecule has 7 heteroatoms. The van der Waals surface area contributed by atoms with Crippen LogP contribution >= 0.6 is 23.4 Å². The van der Waals surface area contributed by atoms with Crippen LogP contribution in [0.2, 0.25) is 5.02 Å². The van der Waals surface area contributed by atoms with E-state index in [1.807, 2.05) is 61.0 Å². The van der Waals surface area contributed by atoms with Gasteiger partial charge >= 0.3 is 6.03 Å². The van der Waals surface area contributed by atoms with Gasteiger partial charge in [0.2, 0.25) is 0 Å². The molecule has 1 aromatic heterocycles. The third kappa shape index (κ3) is 5.18. The second-order valence-corrected chi connectivity index (χ2v) is 8.86. The minimum Gasteiger partial charge on any atom is -0.382 e. The highest BCUT2D eigenvalue weighted by Gasteiger charge is 2.23. The summed E-state index contributed by atoms with van der Waals surface area (Å²) in [7, 11) is 0. The zero-order valence-corrected chi connectivity index (χ0v) is 18.4. The van der Waals surface area contributed by atoms with Crippen molar-refractivity contribution in [3.8, 4) is 0 Å². The molecule has 0 atom stereocenters. The average molecular weight is 441 g/mol. The maximum atomic E-state index is 12.4. The van der Waals surface area contributed by atoms with Gasteiger partial charge in [-0.05, 0) is 74.4 Å². The number of hydrogen-bond acceptors (Lipinski definition) is 4. The van der Waals surface area contributed by atoms with Gasteiger partial charge in [-0.3, -0.25) is 4.98 Å². The highest BCUT2D eigenvalue weighted by molar-refractivity contribution is 7.98. The van der Waals surface area contributed by atoms with Crippen LogP contribution < -0.4 is 16.0 Å². The van der Waals surface area contributed by atoms with Gasteiger partial charge in [-0.15, -0.1) is 11.8 Å². The van der Waals surface area contributed by atoms with E-state index < -0.39 is 0 Å². The van der Waals surface area contributed by atoms with Crippen LogP contribution in [0.4, 0.5) is 16.2 Å². The number of nitrogens with zero attached hydrogens (tertiary/aromatic N) is 1. The normalized spacial score (nSPS) is 18.7. The van der Waals surface area contributed by atoms with Crippen molar-refractivity contribution in [1.82, 2.24) is 10.3 Å². The standard InChI is InChI=1S/C23H25ClN4OS/c1-30-19-4-2-3-18(14-19)28-23(29)27-17-8-6-16(7-9-17)26-21-11-12-25-22-13-15(24)5-10-20(21)22/h2-5,10-14,16-17H,6-9H2,1H3,(H,25,26)(H2,27,28,29)/t16-,17+. The molecule has 2 amide bonds. The number of hydrogen-bond donors (Lipinski definition) is 3. The van der Waals surface area contributed by atoms with E-state index in [4.69, 9.17) is 11.6 Å². The molecule has 0 bridgehead atoms. The molecule has 1 saturated carbocycles. The summed E-state index contributed by atoms with van der Waals surface area (Å²) in [6, 6.07) is 16.1. The monoisotopic (exact) mass is 440 g/mol. The summed E-state index contributed by atoms with van der Waals surface area (Å²) in [6.07, 6.45) is 7.74.